The van der Waals surface area contributed by atoms with Gasteiger partial charge in [-0.2, -0.15) is 13.2 Å². The molecule has 1 rings (SSSR count). The van der Waals surface area contributed by atoms with Gasteiger partial charge in [0, 0.05) is 0 Å². The molecule has 112 valence electrons. The van der Waals surface area contributed by atoms with Crippen molar-refractivity contribution in [2.45, 2.75) is 12.5 Å². The van der Waals surface area contributed by atoms with Gasteiger partial charge in [-0.1, -0.05) is 0 Å². The highest BCUT2D eigenvalue weighted by Gasteiger charge is 2.41. The number of aromatic nitrogens is 1. The highest BCUT2D eigenvalue weighted by atomic mass is 19.4. The number of carbonyl (C=O) groups excluding carboxylic acids is 1. The van der Waals surface area contributed by atoms with E-state index < -0.39 is 41.1 Å². The highest BCUT2D eigenvalue weighted by molar-refractivity contribution is 5.89. The molecule has 0 saturated heterocycles. The molecular weight excluding hydrogens is 300 g/mol. The summed E-state index contributed by atoms with van der Waals surface area (Å²) in [5.41, 5.74) is -4.58. The monoisotopic (exact) mass is 305 g/mol. The van der Waals surface area contributed by atoms with Gasteiger partial charge < -0.3 is 9.47 Å². The summed E-state index contributed by atoms with van der Waals surface area (Å²) in [6, 6.07) is -0.0776. The minimum atomic E-state index is -5.45. The predicted octanol–water partition coefficient (Wildman–Crippen LogP) is 2.08. The maximum absolute atomic E-state index is 12.6. The summed E-state index contributed by atoms with van der Waals surface area (Å²) in [7, 11) is 0.787. The van der Waals surface area contributed by atoms with Gasteiger partial charge >= 0.3 is 18.5 Å². The largest absolute Gasteiger partial charge is 0.574 e. The third kappa shape index (κ3) is 3.65. The predicted molar refractivity (Wildman–Crippen MR) is 50.1 cm³/mol. The smallest absolute Gasteiger partial charge is 0.465 e. The van der Waals surface area contributed by atoms with Crippen molar-refractivity contribution >= 4 is 5.97 Å². The van der Waals surface area contributed by atoms with Crippen molar-refractivity contribution in [3.8, 4) is 5.88 Å². The Balaban J connectivity index is 3.50. The van der Waals surface area contributed by atoms with Gasteiger partial charge in [0.05, 0.1) is 7.11 Å². The van der Waals surface area contributed by atoms with E-state index in [1.165, 1.54) is 4.98 Å². The van der Waals surface area contributed by atoms with E-state index in [1.807, 2.05) is 0 Å². The quantitative estimate of drug-likeness (QED) is 0.671. The first kappa shape index (κ1) is 15.9. The Morgan fingerprint density at radius 2 is 1.75 bits per heavy atom. The van der Waals surface area contributed by atoms with Crippen LogP contribution in [-0.4, -0.2) is 24.4 Å². The molecule has 0 aromatic carbocycles. The number of hydrogen-bond acceptors (Lipinski definition) is 4. The number of hydrogen-bond donors (Lipinski definition) is 1. The molecule has 5 nitrogen and oxygen atoms in total. The SMILES string of the molecule is COC(=O)c1cc(C(F)(F)F)c(OC(F)(F)F)[nH]c1=O. The van der Waals surface area contributed by atoms with Crippen LogP contribution in [0.2, 0.25) is 0 Å². The molecule has 0 spiro atoms. The number of methoxy groups -OCH3 is 1. The second-order valence-corrected chi connectivity index (χ2v) is 3.29. The number of nitrogens with one attached hydrogen (secondary N) is 1. The second kappa shape index (κ2) is 5.06. The van der Waals surface area contributed by atoms with Crippen LogP contribution in [0.4, 0.5) is 26.3 Å². The van der Waals surface area contributed by atoms with E-state index in [0.717, 1.165) is 7.11 Å². The third-order valence-corrected chi connectivity index (χ3v) is 1.93. The zero-order chi connectivity index (χ0) is 15.7. The van der Waals surface area contributed by atoms with Crippen molar-refractivity contribution in [1.29, 1.82) is 0 Å². The molecule has 0 aliphatic heterocycles. The van der Waals surface area contributed by atoms with E-state index in [1.54, 1.807) is 0 Å². The van der Waals surface area contributed by atoms with Crippen LogP contribution in [0.5, 0.6) is 5.88 Å². The van der Waals surface area contributed by atoms with Gasteiger partial charge in [0.2, 0.25) is 5.88 Å². The summed E-state index contributed by atoms with van der Waals surface area (Å²) in [6.07, 6.45) is -10.7. The number of halogens is 6. The first-order valence-electron chi connectivity index (χ1n) is 4.64. The van der Waals surface area contributed by atoms with E-state index in [4.69, 9.17) is 0 Å². The number of aromatic amines is 1. The number of H-pyrrole nitrogens is 1. The van der Waals surface area contributed by atoms with E-state index >= 15 is 0 Å². The molecule has 0 saturated carbocycles. The number of esters is 1. The normalized spacial score (nSPS) is 12.2. The van der Waals surface area contributed by atoms with E-state index in [0.29, 0.717) is 0 Å². The third-order valence-electron chi connectivity index (χ3n) is 1.93. The van der Waals surface area contributed by atoms with Gasteiger partial charge in [-0.05, 0) is 6.07 Å². The summed E-state index contributed by atoms with van der Waals surface area (Å²) in [6.45, 7) is 0. The van der Waals surface area contributed by atoms with E-state index in [9.17, 15) is 35.9 Å². The molecule has 1 heterocycles. The number of carbonyl (C=O) groups is 1. The molecule has 0 fully saturated rings. The Morgan fingerprint density at radius 1 is 1.20 bits per heavy atom. The first-order valence-corrected chi connectivity index (χ1v) is 4.64. The van der Waals surface area contributed by atoms with Gasteiger partial charge in [-0.3, -0.25) is 9.78 Å². The average Bonchev–Trinajstić information content (AvgIpc) is 2.24. The molecule has 0 bridgehead atoms. The fourth-order valence-electron chi connectivity index (χ4n) is 1.18. The number of alkyl halides is 6. The lowest BCUT2D eigenvalue weighted by atomic mass is 10.2. The molecular formula is C9H5F6NO4. The molecule has 20 heavy (non-hydrogen) atoms. The molecule has 0 amide bonds. The van der Waals surface area contributed by atoms with Crippen LogP contribution < -0.4 is 10.3 Å². The minimum absolute atomic E-state index is 0.0776. The number of rotatable bonds is 2. The van der Waals surface area contributed by atoms with Gasteiger partial charge in [-0.25, -0.2) is 4.79 Å². The molecule has 11 heteroatoms. The molecule has 0 unspecified atom stereocenters. The van der Waals surface area contributed by atoms with Gasteiger partial charge in [0.25, 0.3) is 5.56 Å². The van der Waals surface area contributed by atoms with Gasteiger partial charge in [0.15, 0.2) is 0 Å². The summed E-state index contributed by atoms with van der Waals surface area (Å²) in [5.74, 6) is -3.29. The summed E-state index contributed by atoms with van der Waals surface area (Å²) in [5, 5.41) is 0. The number of ether oxygens (including phenoxy) is 2. The van der Waals surface area contributed by atoms with Crippen molar-refractivity contribution in [2.75, 3.05) is 7.11 Å². The molecule has 0 aliphatic carbocycles. The lowest BCUT2D eigenvalue weighted by Crippen LogP contribution is -2.27. The molecule has 1 N–H and O–H groups in total. The Bertz CT molecular complexity index is 573. The van der Waals surface area contributed by atoms with Crippen molar-refractivity contribution in [2.24, 2.45) is 0 Å². The number of pyridine rings is 1. The summed E-state index contributed by atoms with van der Waals surface area (Å²) < 4.78 is 80.8. The van der Waals surface area contributed by atoms with Crippen LogP contribution in [0.15, 0.2) is 10.9 Å². The van der Waals surface area contributed by atoms with Crippen molar-refractivity contribution < 1.29 is 40.6 Å². The van der Waals surface area contributed by atoms with Crippen LogP contribution in [0, 0.1) is 0 Å². The first-order chi connectivity index (χ1) is 8.95. The van der Waals surface area contributed by atoms with Crippen LogP contribution in [-0.2, 0) is 10.9 Å². The Kier molecular flexibility index (Phi) is 4.01. The standard InChI is InChI=1S/C9H5F6NO4/c1-19-7(18)3-2-4(8(10,11)12)6(16-5(3)17)20-9(13,14)15/h2H,1H3,(H,16,17). The molecule has 0 aliphatic rings. The van der Waals surface area contributed by atoms with Crippen LogP contribution >= 0.6 is 0 Å². The van der Waals surface area contributed by atoms with Crippen molar-refractivity contribution in [3.63, 3.8) is 0 Å². The Morgan fingerprint density at radius 3 is 2.15 bits per heavy atom. The zero-order valence-corrected chi connectivity index (χ0v) is 9.48. The lowest BCUT2D eigenvalue weighted by Gasteiger charge is -2.15. The van der Waals surface area contributed by atoms with E-state index in [-0.39, 0.29) is 6.07 Å². The van der Waals surface area contributed by atoms with E-state index in [2.05, 4.69) is 9.47 Å². The maximum atomic E-state index is 12.6. The van der Waals surface area contributed by atoms with Crippen LogP contribution in [0.3, 0.4) is 0 Å². The topological polar surface area (TPSA) is 68.4 Å². The summed E-state index contributed by atoms with van der Waals surface area (Å²) >= 11 is 0. The fourth-order valence-corrected chi connectivity index (χ4v) is 1.18. The molecule has 0 atom stereocenters. The average molecular weight is 305 g/mol. The van der Waals surface area contributed by atoms with Crippen molar-refractivity contribution in [3.05, 3.63) is 27.5 Å². The van der Waals surface area contributed by atoms with Crippen LogP contribution in [0.25, 0.3) is 0 Å². The molecule has 1 aromatic rings. The van der Waals surface area contributed by atoms with Crippen LogP contribution in [0.1, 0.15) is 15.9 Å². The highest BCUT2D eigenvalue weighted by Crippen LogP contribution is 2.36. The van der Waals surface area contributed by atoms with Crippen molar-refractivity contribution in [1.82, 2.24) is 4.98 Å². The Labute approximate surface area is 106 Å². The minimum Gasteiger partial charge on any atom is -0.465 e. The zero-order valence-electron chi connectivity index (χ0n) is 9.48. The molecule has 1 aromatic heterocycles. The summed E-state index contributed by atoms with van der Waals surface area (Å²) in [4.78, 5) is 23.5. The van der Waals surface area contributed by atoms with Gasteiger partial charge in [-0.15, -0.1) is 13.2 Å². The fraction of sp³-hybridized carbons (Fsp3) is 0.333. The Hall–Kier alpha value is -2.20. The maximum Gasteiger partial charge on any atom is 0.574 e. The molecule has 0 radical (unpaired) electrons. The van der Waals surface area contributed by atoms with Gasteiger partial charge in [0.1, 0.15) is 11.1 Å². The second-order valence-electron chi connectivity index (χ2n) is 3.29. The lowest BCUT2D eigenvalue weighted by molar-refractivity contribution is -0.278.